The lowest BCUT2D eigenvalue weighted by molar-refractivity contribution is -0.145. The van der Waals surface area contributed by atoms with Crippen LogP contribution >= 0.6 is 0 Å². The normalized spacial score (nSPS) is 12.4. The van der Waals surface area contributed by atoms with Crippen molar-refractivity contribution in [3.8, 4) is 16.9 Å². The molecule has 8 nitrogen and oxygen atoms in total. The van der Waals surface area contributed by atoms with E-state index in [2.05, 4.69) is 25.3 Å². The molecule has 0 bridgehead atoms. The highest BCUT2D eigenvalue weighted by Crippen LogP contribution is 2.35. The van der Waals surface area contributed by atoms with Crippen LogP contribution in [0.1, 0.15) is 24.4 Å². The van der Waals surface area contributed by atoms with Crippen LogP contribution in [0.5, 0.6) is 5.75 Å². The molecular weight excluding hydrogens is 470 g/mol. The fourth-order valence-electron chi connectivity index (χ4n) is 3.31. The third-order valence-corrected chi connectivity index (χ3v) is 5.01. The molecule has 2 N–H and O–H groups in total. The van der Waals surface area contributed by atoms with Gasteiger partial charge in [0.2, 0.25) is 5.82 Å². The Morgan fingerprint density at radius 1 is 1.06 bits per heavy atom. The third-order valence-electron chi connectivity index (χ3n) is 5.01. The minimum Gasteiger partial charge on any atom is -0.480 e. The number of aromatic nitrogens is 4. The summed E-state index contributed by atoms with van der Waals surface area (Å²) >= 11 is 0. The monoisotopic (exact) mass is 487 g/mol. The second kappa shape index (κ2) is 9.49. The SMILES string of the molecule is CC(Nc1ncnc2c(OCC(=O)O)cc(-c3ccc(F)cc3)cc12)c1cnc(C(F)(F)F)nc1. The van der Waals surface area contributed by atoms with Gasteiger partial charge in [-0.25, -0.2) is 29.1 Å². The zero-order chi connectivity index (χ0) is 25.2. The summed E-state index contributed by atoms with van der Waals surface area (Å²) in [6.07, 6.45) is -1.27. The van der Waals surface area contributed by atoms with Crippen molar-refractivity contribution in [1.29, 1.82) is 0 Å². The largest absolute Gasteiger partial charge is 0.480 e. The number of halogens is 4. The summed E-state index contributed by atoms with van der Waals surface area (Å²) in [5, 5.41) is 12.6. The molecule has 0 saturated heterocycles. The Morgan fingerprint density at radius 3 is 2.37 bits per heavy atom. The standard InChI is InChI=1S/C23H17F4N5O3/c1-12(15-8-28-22(29-9-15)23(25,26)27)32-21-17-6-14(13-2-4-16(24)5-3-13)7-18(35-10-19(33)34)20(17)30-11-31-21/h2-9,11-12H,10H2,1H3,(H,33,34)(H,30,31,32). The molecule has 2 aromatic carbocycles. The van der Waals surface area contributed by atoms with Gasteiger partial charge < -0.3 is 15.2 Å². The molecule has 2 aromatic heterocycles. The van der Waals surface area contributed by atoms with Crippen LogP contribution in [0.2, 0.25) is 0 Å². The van der Waals surface area contributed by atoms with E-state index in [0.29, 0.717) is 33.4 Å². The lowest BCUT2D eigenvalue weighted by Crippen LogP contribution is -2.14. The summed E-state index contributed by atoms with van der Waals surface area (Å²) in [6.45, 7) is 1.07. The van der Waals surface area contributed by atoms with Gasteiger partial charge in [-0.15, -0.1) is 0 Å². The molecule has 1 atom stereocenters. The van der Waals surface area contributed by atoms with Gasteiger partial charge in [0.25, 0.3) is 0 Å². The van der Waals surface area contributed by atoms with Crippen LogP contribution in [0.25, 0.3) is 22.0 Å². The van der Waals surface area contributed by atoms with Crippen LogP contribution in [0, 0.1) is 5.82 Å². The average molecular weight is 487 g/mol. The molecule has 0 aliphatic rings. The van der Waals surface area contributed by atoms with Crippen molar-refractivity contribution in [1.82, 2.24) is 19.9 Å². The van der Waals surface area contributed by atoms with Crippen LogP contribution in [0.3, 0.4) is 0 Å². The number of hydrogen-bond acceptors (Lipinski definition) is 7. The molecule has 0 radical (unpaired) electrons. The van der Waals surface area contributed by atoms with E-state index >= 15 is 0 Å². The minimum absolute atomic E-state index is 0.167. The predicted molar refractivity (Wildman–Crippen MR) is 117 cm³/mol. The number of nitrogens with one attached hydrogen (secondary N) is 1. The fourth-order valence-corrected chi connectivity index (χ4v) is 3.31. The highest BCUT2D eigenvalue weighted by Gasteiger charge is 2.34. The number of alkyl halides is 3. The summed E-state index contributed by atoms with van der Waals surface area (Å²) in [4.78, 5) is 26.3. The van der Waals surface area contributed by atoms with Crippen LogP contribution in [0.4, 0.5) is 23.4 Å². The van der Waals surface area contributed by atoms with E-state index in [0.717, 1.165) is 12.4 Å². The van der Waals surface area contributed by atoms with Crippen LogP contribution in [0.15, 0.2) is 55.1 Å². The lowest BCUT2D eigenvalue weighted by atomic mass is 10.0. The second-order valence-electron chi connectivity index (χ2n) is 7.49. The van der Waals surface area contributed by atoms with E-state index in [1.807, 2.05) is 0 Å². The molecule has 0 saturated carbocycles. The van der Waals surface area contributed by atoms with E-state index in [1.165, 1.54) is 18.5 Å². The average Bonchev–Trinajstić information content (AvgIpc) is 2.82. The van der Waals surface area contributed by atoms with Gasteiger partial charge in [0.15, 0.2) is 6.61 Å². The summed E-state index contributed by atoms with van der Waals surface area (Å²) in [5.41, 5.74) is 1.90. The molecule has 0 amide bonds. The summed E-state index contributed by atoms with van der Waals surface area (Å²) in [7, 11) is 0. The topological polar surface area (TPSA) is 110 Å². The first-order valence-corrected chi connectivity index (χ1v) is 10.2. The Hall–Kier alpha value is -4.35. The zero-order valence-electron chi connectivity index (χ0n) is 18.0. The van der Waals surface area contributed by atoms with Gasteiger partial charge in [-0.1, -0.05) is 12.1 Å². The molecule has 0 aliphatic carbocycles. The third kappa shape index (κ3) is 5.42. The van der Waals surface area contributed by atoms with Crippen LogP contribution < -0.4 is 10.1 Å². The highest BCUT2D eigenvalue weighted by atomic mass is 19.4. The van der Waals surface area contributed by atoms with Crippen molar-refractivity contribution >= 4 is 22.7 Å². The molecule has 4 rings (SSSR count). The van der Waals surface area contributed by atoms with Crippen LogP contribution in [-0.4, -0.2) is 37.6 Å². The van der Waals surface area contributed by atoms with E-state index < -0.39 is 36.4 Å². The Balaban J connectivity index is 1.74. The summed E-state index contributed by atoms with van der Waals surface area (Å²) < 4.78 is 57.1. The van der Waals surface area contributed by atoms with Crippen molar-refractivity contribution in [2.75, 3.05) is 11.9 Å². The maximum Gasteiger partial charge on any atom is 0.451 e. The van der Waals surface area contributed by atoms with Gasteiger partial charge >= 0.3 is 12.1 Å². The van der Waals surface area contributed by atoms with E-state index in [9.17, 15) is 22.4 Å². The quantitative estimate of drug-likeness (QED) is 0.355. The number of rotatable bonds is 7. The molecule has 1 unspecified atom stereocenters. The number of anilines is 1. The van der Waals surface area contributed by atoms with E-state index in [1.54, 1.807) is 31.2 Å². The molecule has 2 heterocycles. The summed E-state index contributed by atoms with van der Waals surface area (Å²) in [6, 6.07) is 8.42. The Labute approximate surface area is 195 Å². The van der Waals surface area contributed by atoms with Gasteiger partial charge in [-0.3, -0.25) is 0 Å². The molecule has 0 aliphatic heterocycles. The number of carboxylic acid groups (broad SMARTS) is 1. The maximum absolute atomic E-state index is 13.4. The number of fused-ring (bicyclic) bond motifs is 1. The number of benzene rings is 2. The summed E-state index contributed by atoms with van der Waals surface area (Å²) in [5.74, 6) is -2.37. The molecule has 0 fully saturated rings. The first-order chi connectivity index (χ1) is 16.6. The Bertz CT molecular complexity index is 1360. The van der Waals surface area contributed by atoms with E-state index in [4.69, 9.17) is 9.84 Å². The minimum atomic E-state index is -4.65. The number of carbonyl (C=O) groups is 1. The van der Waals surface area contributed by atoms with Gasteiger partial charge in [-0.05, 0) is 42.3 Å². The Kier molecular flexibility index (Phi) is 6.45. The number of carboxylic acids is 1. The zero-order valence-corrected chi connectivity index (χ0v) is 18.0. The van der Waals surface area contributed by atoms with Gasteiger partial charge in [0, 0.05) is 23.3 Å². The lowest BCUT2D eigenvalue weighted by Gasteiger charge is -2.17. The molecule has 35 heavy (non-hydrogen) atoms. The highest BCUT2D eigenvalue weighted by molar-refractivity contribution is 5.96. The van der Waals surface area contributed by atoms with Gasteiger partial charge in [0.05, 0.1) is 6.04 Å². The molecule has 180 valence electrons. The van der Waals surface area contributed by atoms with Crippen molar-refractivity contribution < 1.29 is 32.2 Å². The predicted octanol–water partition coefficient (Wildman–Crippen LogP) is 4.88. The molecule has 12 heteroatoms. The fraction of sp³-hybridized carbons (Fsp3) is 0.174. The Morgan fingerprint density at radius 2 is 1.74 bits per heavy atom. The first kappa shape index (κ1) is 23.8. The number of aliphatic carboxylic acids is 1. The molecular formula is C23H17F4N5O3. The smallest absolute Gasteiger partial charge is 0.451 e. The number of ether oxygens (including phenoxy) is 1. The second-order valence-corrected chi connectivity index (χ2v) is 7.49. The first-order valence-electron chi connectivity index (χ1n) is 10.2. The van der Waals surface area contributed by atoms with Crippen molar-refractivity contribution in [2.24, 2.45) is 0 Å². The number of nitrogens with zero attached hydrogens (tertiary/aromatic N) is 4. The maximum atomic E-state index is 13.4. The van der Waals surface area contributed by atoms with Crippen molar-refractivity contribution in [3.63, 3.8) is 0 Å². The molecule has 0 spiro atoms. The van der Waals surface area contributed by atoms with Gasteiger partial charge in [-0.2, -0.15) is 13.2 Å². The van der Waals surface area contributed by atoms with Gasteiger partial charge in [0.1, 0.15) is 29.2 Å². The van der Waals surface area contributed by atoms with Crippen LogP contribution in [-0.2, 0) is 11.0 Å². The molecule has 4 aromatic rings. The number of hydrogen-bond donors (Lipinski definition) is 2. The van der Waals surface area contributed by atoms with Crippen molar-refractivity contribution in [3.05, 3.63) is 72.3 Å². The van der Waals surface area contributed by atoms with Crippen molar-refractivity contribution in [2.45, 2.75) is 19.1 Å². The van der Waals surface area contributed by atoms with E-state index in [-0.39, 0.29) is 5.75 Å².